The van der Waals surface area contributed by atoms with Gasteiger partial charge in [-0.1, -0.05) is 13.8 Å². The van der Waals surface area contributed by atoms with Gasteiger partial charge in [0.2, 0.25) is 0 Å². The zero-order chi connectivity index (χ0) is 12.3. The molecule has 0 unspecified atom stereocenters. The molecule has 0 fully saturated rings. The SMILES string of the molecule is CC.Cc1cc(Br)c2nc(C)c(C)nc2c1. The molecule has 0 spiro atoms. The van der Waals surface area contributed by atoms with Crippen LogP contribution in [-0.4, -0.2) is 9.97 Å². The van der Waals surface area contributed by atoms with Crippen molar-refractivity contribution >= 4 is 27.0 Å². The maximum absolute atomic E-state index is 4.51. The lowest BCUT2D eigenvalue weighted by Crippen LogP contribution is -1.94. The zero-order valence-corrected chi connectivity index (χ0v) is 12.0. The van der Waals surface area contributed by atoms with Gasteiger partial charge in [-0.2, -0.15) is 0 Å². The summed E-state index contributed by atoms with van der Waals surface area (Å²) in [6.07, 6.45) is 0. The van der Waals surface area contributed by atoms with E-state index in [4.69, 9.17) is 0 Å². The minimum Gasteiger partial charge on any atom is -0.250 e. The van der Waals surface area contributed by atoms with Crippen LogP contribution in [-0.2, 0) is 0 Å². The van der Waals surface area contributed by atoms with Crippen molar-refractivity contribution in [2.45, 2.75) is 34.6 Å². The van der Waals surface area contributed by atoms with Gasteiger partial charge >= 0.3 is 0 Å². The Hall–Kier alpha value is -0.960. The second kappa shape index (κ2) is 5.39. The van der Waals surface area contributed by atoms with Gasteiger partial charge in [0.05, 0.1) is 16.9 Å². The molecular weight excluding hydrogens is 264 g/mol. The summed E-state index contributed by atoms with van der Waals surface area (Å²) in [5.41, 5.74) is 5.08. The smallest absolute Gasteiger partial charge is 0.103 e. The van der Waals surface area contributed by atoms with E-state index in [1.807, 2.05) is 27.7 Å². The van der Waals surface area contributed by atoms with E-state index < -0.39 is 0 Å². The first-order valence-electron chi connectivity index (χ1n) is 5.49. The Morgan fingerprint density at radius 1 is 0.938 bits per heavy atom. The Labute approximate surface area is 105 Å². The molecule has 2 rings (SSSR count). The van der Waals surface area contributed by atoms with Crippen molar-refractivity contribution < 1.29 is 0 Å². The molecule has 3 heteroatoms. The number of halogens is 1. The van der Waals surface area contributed by atoms with Crippen LogP contribution in [0.15, 0.2) is 16.6 Å². The van der Waals surface area contributed by atoms with Crippen molar-refractivity contribution in [3.8, 4) is 0 Å². The van der Waals surface area contributed by atoms with Crippen LogP contribution in [0.25, 0.3) is 11.0 Å². The van der Waals surface area contributed by atoms with Crippen LogP contribution in [0.5, 0.6) is 0 Å². The lowest BCUT2D eigenvalue weighted by atomic mass is 10.2. The molecule has 2 aromatic rings. The van der Waals surface area contributed by atoms with Crippen LogP contribution < -0.4 is 0 Å². The summed E-state index contributed by atoms with van der Waals surface area (Å²) in [6.45, 7) is 10.0. The number of aryl methyl sites for hydroxylation is 3. The van der Waals surface area contributed by atoms with Gasteiger partial charge in [-0.3, -0.25) is 0 Å². The monoisotopic (exact) mass is 280 g/mol. The Morgan fingerprint density at radius 3 is 2.12 bits per heavy atom. The average molecular weight is 281 g/mol. The molecule has 0 aliphatic heterocycles. The van der Waals surface area contributed by atoms with Gasteiger partial charge < -0.3 is 0 Å². The van der Waals surface area contributed by atoms with Crippen LogP contribution in [0.4, 0.5) is 0 Å². The number of benzene rings is 1. The molecule has 0 N–H and O–H groups in total. The topological polar surface area (TPSA) is 25.8 Å². The lowest BCUT2D eigenvalue weighted by molar-refractivity contribution is 1.10. The lowest BCUT2D eigenvalue weighted by Gasteiger charge is -2.04. The van der Waals surface area contributed by atoms with Gasteiger partial charge in [-0.25, -0.2) is 9.97 Å². The second-order valence-electron chi connectivity index (χ2n) is 3.51. The van der Waals surface area contributed by atoms with E-state index >= 15 is 0 Å². The van der Waals surface area contributed by atoms with E-state index in [9.17, 15) is 0 Å². The fourth-order valence-electron chi connectivity index (χ4n) is 1.42. The maximum Gasteiger partial charge on any atom is 0.103 e. The highest BCUT2D eigenvalue weighted by molar-refractivity contribution is 9.10. The minimum absolute atomic E-state index is 0.943. The van der Waals surface area contributed by atoms with Crippen LogP contribution in [0.3, 0.4) is 0 Å². The molecule has 1 aromatic carbocycles. The molecule has 0 aliphatic carbocycles. The zero-order valence-electron chi connectivity index (χ0n) is 10.4. The largest absolute Gasteiger partial charge is 0.250 e. The van der Waals surface area contributed by atoms with Gasteiger partial charge in [0.1, 0.15) is 5.52 Å². The molecule has 0 saturated heterocycles. The third kappa shape index (κ3) is 2.59. The van der Waals surface area contributed by atoms with Crippen LogP contribution in [0.1, 0.15) is 30.8 Å². The molecule has 2 nitrogen and oxygen atoms in total. The number of hydrogen-bond donors (Lipinski definition) is 0. The van der Waals surface area contributed by atoms with E-state index in [0.717, 1.165) is 26.9 Å². The molecule has 0 amide bonds. The highest BCUT2D eigenvalue weighted by atomic mass is 79.9. The summed E-state index contributed by atoms with van der Waals surface area (Å²) in [4.78, 5) is 9.01. The second-order valence-corrected chi connectivity index (χ2v) is 4.36. The fraction of sp³-hybridized carbons (Fsp3) is 0.385. The number of rotatable bonds is 0. The summed E-state index contributed by atoms with van der Waals surface area (Å²) in [5, 5.41) is 0. The normalized spacial score (nSPS) is 9.88. The first kappa shape index (κ1) is 13.1. The maximum atomic E-state index is 4.51. The summed E-state index contributed by atoms with van der Waals surface area (Å²) < 4.78 is 1.02. The molecular formula is C13H17BrN2. The van der Waals surface area contributed by atoms with Gasteiger partial charge in [-0.05, 0) is 54.4 Å². The van der Waals surface area contributed by atoms with Crippen LogP contribution in [0, 0.1) is 20.8 Å². The summed E-state index contributed by atoms with van der Waals surface area (Å²) in [6, 6.07) is 4.12. The highest BCUT2D eigenvalue weighted by Crippen LogP contribution is 2.23. The standard InChI is InChI=1S/C11H11BrN2.C2H6/c1-6-4-9(12)11-10(5-6)13-7(2)8(3)14-11;1-2/h4-5H,1-3H3;1-2H3. The Morgan fingerprint density at radius 2 is 1.50 bits per heavy atom. The van der Waals surface area contributed by atoms with E-state index in [0.29, 0.717) is 0 Å². The number of nitrogens with zero attached hydrogens (tertiary/aromatic N) is 2. The molecule has 16 heavy (non-hydrogen) atoms. The first-order chi connectivity index (χ1) is 7.58. The van der Waals surface area contributed by atoms with Crippen molar-refractivity contribution in [2.75, 3.05) is 0 Å². The van der Waals surface area contributed by atoms with Crippen LogP contribution >= 0.6 is 15.9 Å². The predicted octanol–water partition coefficient (Wildman–Crippen LogP) is 4.34. The average Bonchev–Trinajstić information content (AvgIpc) is 2.24. The number of aromatic nitrogens is 2. The van der Waals surface area contributed by atoms with Crippen molar-refractivity contribution in [3.63, 3.8) is 0 Å². The van der Waals surface area contributed by atoms with Crippen molar-refractivity contribution in [2.24, 2.45) is 0 Å². The summed E-state index contributed by atoms with van der Waals surface area (Å²) in [5.74, 6) is 0. The molecule has 0 radical (unpaired) electrons. The molecule has 1 heterocycles. The molecule has 0 bridgehead atoms. The first-order valence-corrected chi connectivity index (χ1v) is 6.28. The fourth-order valence-corrected chi connectivity index (χ4v) is 2.08. The summed E-state index contributed by atoms with van der Waals surface area (Å²) >= 11 is 3.50. The van der Waals surface area contributed by atoms with Gasteiger partial charge in [0.15, 0.2) is 0 Å². The van der Waals surface area contributed by atoms with Gasteiger partial charge in [-0.15, -0.1) is 0 Å². The highest BCUT2D eigenvalue weighted by Gasteiger charge is 2.05. The van der Waals surface area contributed by atoms with Crippen LogP contribution in [0.2, 0.25) is 0 Å². The molecule has 0 saturated carbocycles. The van der Waals surface area contributed by atoms with Crippen molar-refractivity contribution in [1.29, 1.82) is 0 Å². The minimum atomic E-state index is 0.943. The Kier molecular flexibility index (Phi) is 4.42. The van der Waals surface area contributed by atoms with E-state index in [1.54, 1.807) is 0 Å². The third-order valence-corrected chi connectivity index (χ3v) is 2.88. The number of hydrogen-bond acceptors (Lipinski definition) is 2. The van der Waals surface area contributed by atoms with E-state index in [2.05, 4.69) is 45.0 Å². The third-order valence-electron chi connectivity index (χ3n) is 2.28. The Bertz CT molecular complexity index is 507. The van der Waals surface area contributed by atoms with E-state index in [1.165, 1.54) is 5.56 Å². The Balaban J connectivity index is 0.000000606. The quantitative estimate of drug-likeness (QED) is 0.717. The molecule has 1 aromatic heterocycles. The van der Waals surface area contributed by atoms with Crippen molar-refractivity contribution in [3.05, 3.63) is 33.6 Å². The van der Waals surface area contributed by atoms with E-state index in [-0.39, 0.29) is 0 Å². The molecule has 0 aliphatic rings. The van der Waals surface area contributed by atoms with Crippen molar-refractivity contribution in [1.82, 2.24) is 9.97 Å². The number of fused-ring (bicyclic) bond motifs is 1. The van der Waals surface area contributed by atoms with Gasteiger partial charge in [0.25, 0.3) is 0 Å². The molecule has 86 valence electrons. The van der Waals surface area contributed by atoms with Gasteiger partial charge in [0, 0.05) is 4.47 Å². The predicted molar refractivity (Wildman–Crippen MR) is 72.8 cm³/mol. The molecule has 0 atom stereocenters. The summed E-state index contributed by atoms with van der Waals surface area (Å²) in [7, 11) is 0.